The molecule has 2 heterocycles. The highest BCUT2D eigenvalue weighted by atomic mass is 32.1. The first-order valence-electron chi connectivity index (χ1n) is 9.02. The summed E-state index contributed by atoms with van der Waals surface area (Å²) in [4.78, 5) is 25.9. The fourth-order valence-electron chi connectivity index (χ4n) is 3.52. The lowest BCUT2D eigenvalue weighted by molar-refractivity contribution is -0.125. The van der Waals surface area contributed by atoms with Crippen LogP contribution in [0.4, 0.5) is 0 Å². The minimum atomic E-state index is -0.458. The van der Waals surface area contributed by atoms with Gasteiger partial charge in [-0.05, 0) is 31.0 Å². The predicted molar refractivity (Wildman–Crippen MR) is 99.4 cm³/mol. The van der Waals surface area contributed by atoms with Gasteiger partial charge >= 0.3 is 5.97 Å². The zero-order valence-electron chi connectivity index (χ0n) is 14.5. The van der Waals surface area contributed by atoms with Crippen molar-refractivity contribution in [3.63, 3.8) is 0 Å². The van der Waals surface area contributed by atoms with Crippen LogP contribution in [-0.2, 0) is 16.1 Å². The standard InChI is InChI=1S/C20H21NO4S/c22-18(21-14-6-2-1-3-7-14)12-25-20(23)17-10-13-11-24-16-9-5-4-8-15(16)19(13)26-17/h4-5,8-10,14H,1-3,6-7,11-12H2,(H,21,22). The van der Waals surface area contributed by atoms with Crippen LogP contribution in [-0.4, -0.2) is 24.5 Å². The molecular weight excluding hydrogens is 350 g/mol. The Balaban J connectivity index is 1.37. The first kappa shape index (κ1) is 17.1. The molecule has 0 unspecified atom stereocenters. The van der Waals surface area contributed by atoms with E-state index in [2.05, 4.69) is 5.32 Å². The molecule has 0 saturated heterocycles. The van der Waals surface area contributed by atoms with E-state index in [0.29, 0.717) is 11.5 Å². The number of thiophene rings is 1. The lowest BCUT2D eigenvalue weighted by Gasteiger charge is -2.22. The molecule has 26 heavy (non-hydrogen) atoms. The molecule has 2 aliphatic rings. The lowest BCUT2D eigenvalue weighted by atomic mass is 9.95. The largest absolute Gasteiger partial charge is 0.488 e. The van der Waals surface area contributed by atoms with Crippen LogP contribution in [0, 0.1) is 0 Å². The molecule has 1 aromatic carbocycles. The van der Waals surface area contributed by atoms with E-state index in [1.54, 1.807) is 6.07 Å². The van der Waals surface area contributed by atoms with E-state index in [0.717, 1.165) is 47.4 Å². The van der Waals surface area contributed by atoms with Crippen molar-refractivity contribution in [2.24, 2.45) is 0 Å². The van der Waals surface area contributed by atoms with Crippen LogP contribution in [0.5, 0.6) is 5.75 Å². The summed E-state index contributed by atoms with van der Waals surface area (Å²) in [6.07, 6.45) is 5.55. The number of rotatable bonds is 4. The molecule has 1 fully saturated rings. The number of amides is 1. The van der Waals surface area contributed by atoms with Gasteiger partial charge in [-0.25, -0.2) is 4.79 Å². The summed E-state index contributed by atoms with van der Waals surface area (Å²) >= 11 is 1.39. The third-order valence-electron chi connectivity index (χ3n) is 4.83. The number of nitrogens with one attached hydrogen (secondary N) is 1. The van der Waals surface area contributed by atoms with Crippen LogP contribution < -0.4 is 10.1 Å². The number of hydrogen-bond donors (Lipinski definition) is 1. The Morgan fingerprint density at radius 2 is 2.00 bits per heavy atom. The highest BCUT2D eigenvalue weighted by Gasteiger charge is 2.23. The summed E-state index contributed by atoms with van der Waals surface area (Å²) in [6, 6.07) is 9.80. The topological polar surface area (TPSA) is 64.6 Å². The normalized spacial score (nSPS) is 16.2. The van der Waals surface area contributed by atoms with E-state index in [-0.39, 0.29) is 18.6 Å². The van der Waals surface area contributed by atoms with Crippen LogP contribution in [0.15, 0.2) is 30.3 Å². The number of para-hydroxylation sites is 1. The lowest BCUT2D eigenvalue weighted by Crippen LogP contribution is -2.38. The molecule has 0 radical (unpaired) electrons. The third-order valence-corrected chi connectivity index (χ3v) is 6.02. The molecule has 1 N–H and O–H groups in total. The Kier molecular flexibility index (Phi) is 4.93. The molecule has 6 heteroatoms. The zero-order chi connectivity index (χ0) is 17.9. The van der Waals surface area contributed by atoms with Crippen molar-refractivity contribution in [1.29, 1.82) is 0 Å². The van der Waals surface area contributed by atoms with Crippen molar-refractivity contribution in [3.05, 3.63) is 40.8 Å². The Hall–Kier alpha value is -2.34. The van der Waals surface area contributed by atoms with Crippen molar-refractivity contribution in [3.8, 4) is 16.2 Å². The Bertz CT molecular complexity index is 823. The molecule has 0 bridgehead atoms. The number of benzene rings is 1. The first-order valence-corrected chi connectivity index (χ1v) is 9.84. The average Bonchev–Trinajstić information content (AvgIpc) is 3.12. The Morgan fingerprint density at radius 3 is 2.85 bits per heavy atom. The van der Waals surface area contributed by atoms with Gasteiger partial charge in [0, 0.05) is 22.0 Å². The second kappa shape index (κ2) is 7.50. The summed E-state index contributed by atoms with van der Waals surface area (Å²) < 4.78 is 10.9. The molecule has 1 aliphatic heterocycles. The quantitative estimate of drug-likeness (QED) is 0.828. The summed E-state index contributed by atoms with van der Waals surface area (Å²) in [5, 5.41) is 2.95. The molecular formula is C20H21NO4S. The molecule has 4 rings (SSSR count). The van der Waals surface area contributed by atoms with Crippen molar-refractivity contribution in [1.82, 2.24) is 5.32 Å². The minimum absolute atomic E-state index is 0.220. The van der Waals surface area contributed by atoms with E-state index in [1.165, 1.54) is 17.8 Å². The van der Waals surface area contributed by atoms with Crippen LogP contribution in [0.3, 0.4) is 0 Å². The SMILES string of the molecule is O=C(COC(=O)c1cc2c(s1)-c1ccccc1OC2)NC1CCCCC1. The van der Waals surface area contributed by atoms with Gasteiger partial charge < -0.3 is 14.8 Å². The van der Waals surface area contributed by atoms with Gasteiger partial charge in [-0.15, -0.1) is 11.3 Å². The van der Waals surface area contributed by atoms with Gasteiger partial charge in [0.05, 0.1) is 0 Å². The van der Waals surface area contributed by atoms with Gasteiger partial charge in [0.25, 0.3) is 5.91 Å². The second-order valence-corrected chi connectivity index (χ2v) is 7.78. The minimum Gasteiger partial charge on any atom is -0.488 e. The monoisotopic (exact) mass is 371 g/mol. The number of ether oxygens (including phenoxy) is 2. The third kappa shape index (κ3) is 3.60. The van der Waals surface area contributed by atoms with E-state index < -0.39 is 5.97 Å². The van der Waals surface area contributed by atoms with Crippen LogP contribution in [0.2, 0.25) is 0 Å². The van der Waals surface area contributed by atoms with Gasteiger partial charge in [0.1, 0.15) is 17.2 Å². The van der Waals surface area contributed by atoms with E-state index in [1.807, 2.05) is 24.3 Å². The highest BCUT2D eigenvalue weighted by Crippen LogP contribution is 2.42. The fraction of sp³-hybridized carbons (Fsp3) is 0.400. The zero-order valence-corrected chi connectivity index (χ0v) is 15.3. The summed E-state index contributed by atoms with van der Waals surface area (Å²) in [5.41, 5.74) is 1.97. The molecule has 1 saturated carbocycles. The molecule has 1 aliphatic carbocycles. The Morgan fingerprint density at radius 1 is 1.19 bits per heavy atom. The van der Waals surface area contributed by atoms with E-state index in [9.17, 15) is 9.59 Å². The van der Waals surface area contributed by atoms with Crippen molar-refractivity contribution in [2.75, 3.05) is 6.61 Å². The molecule has 2 aromatic rings. The number of fused-ring (bicyclic) bond motifs is 3. The molecule has 0 spiro atoms. The number of esters is 1. The summed E-state index contributed by atoms with van der Waals surface area (Å²) in [6.45, 7) is 0.212. The van der Waals surface area contributed by atoms with Gasteiger partial charge in [-0.3, -0.25) is 4.79 Å². The molecule has 0 atom stereocenters. The summed E-state index contributed by atoms with van der Waals surface area (Å²) in [7, 11) is 0. The average molecular weight is 371 g/mol. The van der Waals surface area contributed by atoms with Crippen molar-refractivity contribution >= 4 is 23.2 Å². The van der Waals surface area contributed by atoms with Gasteiger partial charge in [-0.2, -0.15) is 0 Å². The van der Waals surface area contributed by atoms with Gasteiger partial charge in [-0.1, -0.05) is 31.4 Å². The van der Waals surface area contributed by atoms with Crippen molar-refractivity contribution < 1.29 is 19.1 Å². The predicted octanol–water partition coefficient (Wildman–Crippen LogP) is 3.91. The van der Waals surface area contributed by atoms with Crippen molar-refractivity contribution in [2.45, 2.75) is 44.8 Å². The maximum Gasteiger partial charge on any atom is 0.348 e. The van der Waals surface area contributed by atoms with Crippen LogP contribution >= 0.6 is 11.3 Å². The maximum atomic E-state index is 12.3. The van der Waals surface area contributed by atoms with E-state index in [4.69, 9.17) is 9.47 Å². The fourth-order valence-corrected chi connectivity index (χ4v) is 4.61. The molecule has 5 nitrogen and oxygen atoms in total. The number of carbonyl (C=O) groups is 2. The molecule has 136 valence electrons. The van der Waals surface area contributed by atoms with Gasteiger partial charge in [0.15, 0.2) is 6.61 Å². The molecule has 1 aromatic heterocycles. The summed E-state index contributed by atoms with van der Waals surface area (Å²) in [5.74, 6) is 0.148. The second-order valence-electron chi connectivity index (χ2n) is 6.73. The van der Waals surface area contributed by atoms with Gasteiger partial charge in [0.2, 0.25) is 0 Å². The smallest absolute Gasteiger partial charge is 0.348 e. The maximum absolute atomic E-state index is 12.3. The Labute approximate surface area is 156 Å². The number of carbonyl (C=O) groups excluding carboxylic acids is 2. The first-order chi connectivity index (χ1) is 12.7. The highest BCUT2D eigenvalue weighted by molar-refractivity contribution is 7.17. The van der Waals surface area contributed by atoms with E-state index >= 15 is 0 Å². The van der Waals surface area contributed by atoms with Crippen LogP contribution in [0.1, 0.15) is 47.3 Å². The molecule has 1 amide bonds. The number of hydrogen-bond acceptors (Lipinski definition) is 5. The van der Waals surface area contributed by atoms with Crippen LogP contribution in [0.25, 0.3) is 10.4 Å².